The summed E-state index contributed by atoms with van der Waals surface area (Å²) < 4.78 is 80.0. The van der Waals surface area contributed by atoms with E-state index in [1.165, 1.54) is 0 Å². The number of ketones is 1. The monoisotopic (exact) mass is 482 g/mol. The van der Waals surface area contributed by atoms with Crippen molar-refractivity contribution in [3.05, 3.63) is 64.2 Å². The number of likely N-dealkylation sites (N-methyl/N-ethyl adjacent to an activating group) is 2. The third kappa shape index (κ3) is 3.37. The Balaban J connectivity index is 2.10. The number of allylic oxidation sites excluding steroid dienone is 1. The summed E-state index contributed by atoms with van der Waals surface area (Å²) in [6, 6.07) is 2.85. The summed E-state index contributed by atoms with van der Waals surface area (Å²) >= 11 is 0. The van der Waals surface area contributed by atoms with Gasteiger partial charge in [-0.05, 0) is 47.0 Å². The van der Waals surface area contributed by atoms with Gasteiger partial charge in [-0.1, -0.05) is 6.07 Å². The van der Waals surface area contributed by atoms with E-state index < -0.39 is 74.9 Å². The quantitative estimate of drug-likeness (QED) is 0.317. The molecule has 1 fully saturated rings. The zero-order valence-corrected chi connectivity index (χ0v) is 17.3. The van der Waals surface area contributed by atoms with Gasteiger partial charge in [-0.2, -0.15) is 26.3 Å². The van der Waals surface area contributed by atoms with Gasteiger partial charge in [-0.25, -0.2) is 4.79 Å². The van der Waals surface area contributed by atoms with Crippen LogP contribution in [0.4, 0.5) is 31.1 Å². The lowest BCUT2D eigenvalue weighted by molar-refractivity contribution is -0.138. The average molecular weight is 482 g/mol. The van der Waals surface area contributed by atoms with E-state index in [0.29, 0.717) is 34.1 Å². The highest BCUT2D eigenvalue weighted by Crippen LogP contribution is 2.45. The van der Waals surface area contributed by atoms with Crippen molar-refractivity contribution < 1.29 is 45.5 Å². The van der Waals surface area contributed by atoms with Crippen molar-refractivity contribution in [2.24, 2.45) is 0 Å². The fraction of sp³-hybridized carbons (Fsp3) is 0.182. The van der Waals surface area contributed by atoms with Gasteiger partial charge < -0.3 is 0 Å². The van der Waals surface area contributed by atoms with E-state index in [2.05, 4.69) is 0 Å². The first kappa shape index (κ1) is 23.2. The van der Waals surface area contributed by atoms with Gasteiger partial charge in [0.25, 0.3) is 11.8 Å². The lowest BCUT2D eigenvalue weighted by Crippen LogP contribution is -2.53. The number of urea groups is 1. The normalized spacial score (nSPS) is 16.8. The Kier molecular flexibility index (Phi) is 4.96. The molecular formula is C22H12F6N2O4. The molecule has 12 heteroatoms. The van der Waals surface area contributed by atoms with E-state index in [1.54, 1.807) is 0 Å². The van der Waals surface area contributed by atoms with E-state index in [0.717, 1.165) is 26.2 Å². The van der Waals surface area contributed by atoms with Crippen LogP contribution in [0.1, 0.15) is 27.0 Å². The van der Waals surface area contributed by atoms with Crippen LogP contribution < -0.4 is 0 Å². The third-order valence-corrected chi connectivity index (χ3v) is 5.59. The fourth-order valence-electron chi connectivity index (χ4n) is 3.85. The van der Waals surface area contributed by atoms with Gasteiger partial charge in [0, 0.05) is 25.2 Å². The molecule has 0 aromatic heterocycles. The number of carbonyl (C=O) groups excluding carboxylic acids is 4. The van der Waals surface area contributed by atoms with Gasteiger partial charge in [0.1, 0.15) is 5.57 Å². The predicted octanol–water partition coefficient (Wildman–Crippen LogP) is 4.39. The van der Waals surface area contributed by atoms with Gasteiger partial charge in [-0.15, -0.1) is 0 Å². The number of nitrogens with zero attached hydrogens (tertiary/aromatic N) is 2. The lowest BCUT2D eigenvalue weighted by Gasteiger charge is -2.32. The second kappa shape index (κ2) is 7.27. The number of amides is 4. The highest BCUT2D eigenvalue weighted by molar-refractivity contribution is 6.45. The van der Waals surface area contributed by atoms with Crippen molar-refractivity contribution >= 4 is 29.2 Å². The Morgan fingerprint density at radius 2 is 1.00 bits per heavy atom. The molecule has 2 aromatic rings. The molecule has 0 unspecified atom stereocenters. The van der Waals surface area contributed by atoms with E-state index in [9.17, 15) is 45.5 Å². The zero-order valence-electron chi connectivity index (χ0n) is 17.3. The van der Waals surface area contributed by atoms with Gasteiger partial charge >= 0.3 is 18.4 Å². The lowest BCUT2D eigenvalue weighted by atomic mass is 9.77. The second-order valence-electron chi connectivity index (χ2n) is 7.61. The number of rotatable bonds is 0. The standard InChI is InChI=1S/C22H12F6N2O4/c1-29-18(32)16(19(33)30(2)20(29)34)15-11-5-3-9(21(23,24)25)7-13(11)14-8-10(22(26,27)28)4-6-12(14)17(15)31/h3-8H,1-2H3. The summed E-state index contributed by atoms with van der Waals surface area (Å²) in [6.45, 7) is 0. The molecule has 1 saturated heterocycles. The van der Waals surface area contributed by atoms with E-state index >= 15 is 0 Å². The number of imide groups is 2. The van der Waals surface area contributed by atoms with Crippen molar-refractivity contribution in [1.82, 2.24) is 9.80 Å². The van der Waals surface area contributed by atoms with Crippen LogP contribution in [0, 0.1) is 0 Å². The molecular weight excluding hydrogens is 470 g/mol. The summed E-state index contributed by atoms with van der Waals surface area (Å²) in [5.41, 5.74) is -5.40. The Labute approximate surface area is 187 Å². The van der Waals surface area contributed by atoms with Gasteiger partial charge in [0.2, 0.25) is 0 Å². The van der Waals surface area contributed by atoms with Crippen LogP contribution >= 0.6 is 0 Å². The SMILES string of the molecule is CN1C(=O)C(=C2C(=O)c3ccc(C(F)(F)F)cc3-c3cc(C(F)(F)F)ccc32)C(=O)N(C)C1=O. The summed E-state index contributed by atoms with van der Waals surface area (Å²) in [7, 11) is 2.08. The Bertz CT molecular complexity index is 1310. The third-order valence-electron chi connectivity index (χ3n) is 5.59. The maximum absolute atomic E-state index is 13.4. The molecule has 0 bridgehead atoms. The Hall–Kier alpha value is -3.96. The minimum atomic E-state index is -4.87. The molecule has 4 rings (SSSR count). The van der Waals surface area contributed by atoms with Gasteiger partial charge in [-0.3, -0.25) is 24.2 Å². The van der Waals surface area contributed by atoms with Crippen molar-refractivity contribution in [1.29, 1.82) is 0 Å². The van der Waals surface area contributed by atoms with Crippen molar-refractivity contribution in [3.8, 4) is 11.1 Å². The van der Waals surface area contributed by atoms with E-state index in [-0.39, 0.29) is 5.56 Å². The number of Topliss-reactive ketones (excluding diaryl/α,β-unsaturated/α-hetero) is 1. The fourth-order valence-corrected chi connectivity index (χ4v) is 3.85. The molecule has 1 aliphatic heterocycles. The minimum Gasteiger partial charge on any atom is -0.289 e. The molecule has 0 spiro atoms. The number of fused-ring (bicyclic) bond motifs is 3. The van der Waals surface area contributed by atoms with Crippen LogP contribution in [0.15, 0.2) is 42.0 Å². The first-order chi connectivity index (χ1) is 15.6. The summed E-state index contributed by atoms with van der Waals surface area (Å²) in [5.74, 6) is -3.38. The van der Waals surface area contributed by atoms with Crippen molar-refractivity contribution in [2.45, 2.75) is 12.4 Å². The molecule has 1 heterocycles. The predicted molar refractivity (Wildman–Crippen MR) is 104 cm³/mol. The highest BCUT2D eigenvalue weighted by atomic mass is 19.4. The van der Waals surface area contributed by atoms with E-state index in [4.69, 9.17) is 0 Å². The highest BCUT2D eigenvalue weighted by Gasteiger charge is 2.44. The zero-order chi connectivity index (χ0) is 25.3. The van der Waals surface area contributed by atoms with Crippen molar-refractivity contribution in [3.63, 3.8) is 0 Å². The maximum Gasteiger partial charge on any atom is 0.416 e. The van der Waals surface area contributed by atoms with Crippen LogP contribution in [0.3, 0.4) is 0 Å². The number of hydrogen-bond acceptors (Lipinski definition) is 4. The van der Waals surface area contributed by atoms with Gasteiger partial charge in [0.05, 0.1) is 11.1 Å². The Morgan fingerprint density at radius 1 is 0.588 bits per heavy atom. The number of alkyl halides is 6. The smallest absolute Gasteiger partial charge is 0.289 e. The van der Waals surface area contributed by atoms with Crippen LogP contribution in [-0.4, -0.2) is 47.5 Å². The number of hydrogen-bond donors (Lipinski definition) is 0. The van der Waals surface area contributed by atoms with Crippen LogP contribution in [0.25, 0.3) is 16.7 Å². The maximum atomic E-state index is 13.4. The summed E-state index contributed by atoms with van der Waals surface area (Å²) in [6.07, 6.45) is -9.71. The average Bonchev–Trinajstić information content (AvgIpc) is 2.76. The summed E-state index contributed by atoms with van der Waals surface area (Å²) in [4.78, 5) is 52.0. The topological polar surface area (TPSA) is 74.8 Å². The number of carbonyl (C=O) groups is 4. The molecule has 6 nitrogen and oxygen atoms in total. The van der Waals surface area contributed by atoms with Crippen LogP contribution in [0.5, 0.6) is 0 Å². The molecule has 0 saturated carbocycles. The van der Waals surface area contributed by atoms with E-state index in [1.807, 2.05) is 0 Å². The molecule has 0 atom stereocenters. The molecule has 4 amide bonds. The largest absolute Gasteiger partial charge is 0.416 e. The Morgan fingerprint density at radius 3 is 1.44 bits per heavy atom. The molecule has 0 radical (unpaired) electrons. The molecule has 2 aromatic carbocycles. The first-order valence-corrected chi connectivity index (χ1v) is 9.47. The molecule has 0 N–H and O–H groups in total. The van der Waals surface area contributed by atoms with Crippen molar-refractivity contribution in [2.75, 3.05) is 14.1 Å². The molecule has 176 valence electrons. The first-order valence-electron chi connectivity index (χ1n) is 9.47. The molecule has 1 aliphatic carbocycles. The summed E-state index contributed by atoms with van der Waals surface area (Å²) in [5, 5.41) is 0. The van der Waals surface area contributed by atoms with Crippen LogP contribution in [-0.2, 0) is 21.9 Å². The number of halogens is 6. The minimum absolute atomic E-state index is 0.335. The van der Waals surface area contributed by atoms with Crippen LogP contribution in [0.2, 0.25) is 0 Å². The molecule has 34 heavy (non-hydrogen) atoms. The molecule has 2 aliphatic rings. The van der Waals surface area contributed by atoms with Gasteiger partial charge in [0.15, 0.2) is 5.78 Å². The number of barbiturate groups is 1. The number of benzene rings is 2. The second-order valence-corrected chi connectivity index (χ2v) is 7.61.